The van der Waals surface area contributed by atoms with Crippen molar-refractivity contribution in [2.75, 3.05) is 13.2 Å². The number of aliphatic hydroxyl groups excluding tert-OH is 1. The van der Waals surface area contributed by atoms with Gasteiger partial charge in [-0.05, 0) is 54.7 Å². The van der Waals surface area contributed by atoms with Gasteiger partial charge in [-0.25, -0.2) is 0 Å². The molecule has 0 atom stereocenters. The van der Waals surface area contributed by atoms with Crippen LogP contribution in [0.5, 0.6) is 0 Å². The van der Waals surface area contributed by atoms with Crippen LogP contribution < -0.4 is 5.32 Å². The van der Waals surface area contributed by atoms with E-state index in [1.54, 1.807) is 0 Å². The summed E-state index contributed by atoms with van der Waals surface area (Å²) in [6.45, 7) is 4.63. The summed E-state index contributed by atoms with van der Waals surface area (Å²) in [7, 11) is 0. The van der Waals surface area contributed by atoms with Gasteiger partial charge in [0.15, 0.2) is 5.78 Å². The Morgan fingerprint density at radius 1 is 1.12 bits per heavy atom. The molecule has 0 radical (unpaired) electrons. The highest BCUT2D eigenvalue weighted by molar-refractivity contribution is 5.98. The topological polar surface area (TPSA) is 66.4 Å². The summed E-state index contributed by atoms with van der Waals surface area (Å²) in [4.78, 5) is 24.3. The number of hydrogen-bond acceptors (Lipinski definition) is 3. The lowest BCUT2D eigenvalue weighted by atomic mass is 9.89. The largest absolute Gasteiger partial charge is 0.396 e. The molecule has 2 N–H and O–H groups in total. The minimum atomic E-state index is -0.132. The number of aliphatic hydroxyl groups is 1. The number of amides is 1. The van der Waals surface area contributed by atoms with Gasteiger partial charge in [0.2, 0.25) is 5.91 Å². The van der Waals surface area contributed by atoms with E-state index in [-0.39, 0.29) is 36.6 Å². The average molecular weight is 331 g/mol. The molecule has 1 aromatic carbocycles. The van der Waals surface area contributed by atoms with Gasteiger partial charge in [-0.15, -0.1) is 0 Å². The van der Waals surface area contributed by atoms with Crippen molar-refractivity contribution in [1.82, 2.24) is 5.32 Å². The fourth-order valence-corrected chi connectivity index (χ4v) is 3.10. The quantitative estimate of drug-likeness (QED) is 0.720. The van der Waals surface area contributed by atoms with Crippen LogP contribution in [0, 0.1) is 5.41 Å². The van der Waals surface area contributed by atoms with Crippen molar-refractivity contribution >= 4 is 11.7 Å². The van der Waals surface area contributed by atoms with E-state index in [0.717, 1.165) is 18.4 Å². The summed E-state index contributed by atoms with van der Waals surface area (Å²) in [5.41, 5.74) is 3.25. The summed E-state index contributed by atoms with van der Waals surface area (Å²) in [6.07, 6.45) is 5.67. The third-order valence-corrected chi connectivity index (χ3v) is 4.80. The molecular formula is C20H29NO3. The molecule has 0 bridgehead atoms. The van der Waals surface area contributed by atoms with Crippen LogP contribution in [0.15, 0.2) is 18.2 Å². The van der Waals surface area contributed by atoms with Crippen LogP contribution in [0.4, 0.5) is 0 Å². The molecule has 1 amide bonds. The molecule has 0 spiro atoms. The summed E-state index contributed by atoms with van der Waals surface area (Å²) in [5.74, 6) is -0.0690. The molecule has 0 aliphatic heterocycles. The maximum absolute atomic E-state index is 12.3. The molecule has 0 aromatic heterocycles. The number of carbonyl (C=O) groups is 2. The van der Waals surface area contributed by atoms with Crippen LogP contribution in [0.2, 0.25) is 0 Å². The van der Waals surface area contributed by atoms with E-state index in [1.807, 2.05) is 26.0 Å². The third kappa shape index (κ3) is 5.45. The van der Waals surface area contributed by atoms with Gasteiger partial charge in [-0.3, -0.25) is 9.59 Å². The molecule has 4 nitrogen and oxygen atoms in total. The monoisotopic (exact) mass is 331 g/mol. The number of nitrogens with one attached hydrogen (secondary N) is 1. The van der Waals surface area contributed by atoms with Crippen LogP contribution in [-0.4, -0.2) is 29.9 Å². The Hall–Kier alpha value is -1.68. The van der Waals surface area contributed by atoms with Gasteiger partial charge in [0.25, 0.3) is 0 Å². The van der Waals surface area contributed by atoms with E-state index < -0.39 is 0 Å². The smallest absolute Gasteiger partial charge is 0.220 e. The number of ketones is 1. The van der Waals surface area contributed by atoms with Crippen molar-refractivity contribution in [3.63, 3.8) is 0 Å². The van der Waals surface area contributed by atoms with Gasteiger partial charge >= 0.3 is 0 Å². The summed E-state index contributed by atoms with van der Waals surface area (Å²) in [6, 6.07) is 5.98. The number of fused-ring (bicyclic) bond motifs is 1. The molecule has 132 valence electrons. The lowest BCUT2D eigenvalue weighted by molar-refractivity contribution is -0.121. The van der Waals surface area contributed by atoms with Crippen LogP contribution in [-0.2, 0) is 17.6 Å². The maximum Gasteiger partial charge on any atom is 0.220 e. The predicted molar refractivity (Wildman–Crippen MR) is 95.1 cm³/mol. The molecule has 2 rings (SSSR count). The van der Waals surface area contributed by atoms with Crippen LogP contribution in [0.25, 0.3) is 0 Å². The molecule has 4 heteroatoms. The molecule has 0 saturated heterocycles. The zero-order valence-corrected chi connectivity index (χ0v) is 14.9. The van der Waals surface area contributed by atoms with Crippen molar-refractivity contribution in [2.45, 2.75) is 58.8 Å². The van der Waals surface area contributed by atoms with E-state index in [2.05, 4.69) is 11.4 Å². The third-order valence-electron chi connectivity index (χ3n) is 4.80. The number of rotatable bonds is 8. The molecule has 1 aromatic rings. The summed E-state index contributed by atoms with van der Waals surface area (Å²) >= 11 is 0. The second-order valence-corrected chi connectivity index (χ2v) is 7.53. The zero-order valence-electron chi connectivity index (χ0n) is 14.9. The van der Waals surface area contributed by atoms with Crippen LogP contribution >= 0.6 is 0 Å². The van der Waals surface area contributed by atoms with Gasteiger partial charge in [0.1, 0.15) is 0 Å². The van der Waals surface area contributed by atoms with Crippen LogP contribution in [0.3, 0.4) is 0 Å². The van der Waals surface area contributed by atoms with Crippen molar-refractivity contribution < 1.29 is 14.7 Å². The first-order valence-electron chi connectivity index (χ1n) is 8.94. The van der Waals surface area contributed by atoms with Crippen molar-refractivity contribution in [2.24, 2.45) is 5.41 Å². The molecule has 0 fully saturated rings. The Bertz CT molecular complexity index is 593. The van der Waals surface area contributed by atoms with Gasteiger partial charge in [-0.1, -0.05) is 26.0 Å². The fraction of sp³-hybridized carbons (Fsp3) is 0.600. The van der Waals surface area contributed by atoms with Gasteiger partial charge in [-0.2, -0.15) is 0 Å². The molecule has 0 saturated carbocycles. The number of hydrogen-bond donors (Lipinski definition) is 2. The van der Waals surface area contributed by atoms with E-state index >= 15 is 0 Å². The molecule has 1 aliphatic rings. The Labute approximate surface area is 144 Å². The van der Waals surface area contributed by atoms with E-state index in [0.29, 0.717) is 13.0 Å². The zero-order chi connectivity index (χ0) is 17.6. The lowest BCUT2D eigenvalue weighted by Crippen LogP contribution is -2.34. The normalized spacial score (nSPS) is 14.1. The Kier molecular flexibility index (Phi) is 6.55. The first-order valence-corrected chi connectivity index (χ1v) is 8.94. The van der Waals surface area contributed by atoms with E-state index in [4.69, 9.17) is 5.11 Å². The standard InChI is InChI=1S/C20H29NO3/c1-20(2,11-12-22)14-21-19(24)10-9-18(23)17-8-7-15-5-3-4-6-16(15)13-17/h7-8,13,22H,3-6,9-12,14H2,1-2H3,(H,21,24). The van der Waals surface area contributed by atoms with Gasteiger partial charge in [0, 0.05) is 31.6 Å². The molecule has 0 heterocycles. The molecule has 24 heavy (non-hydrogen) atoms. The SMILES string of the molecule is CC(C)(CCO)CNC(=O)CCC(=O)c1ccc2c(c1)CCCC2. The highest BCUT2D eigenvalue weighted by atomic mass is 16.3. The van der Waals surface area contributed by atoms with Crippen molar-refractivity contribution in [3.05, 3.63) is 34.9 Å². The minimum absolute atomic E-state index is 0.0353. The first-order chi connectivity index (χ1) is 11.4. The van der Waals surface area contributed by atoms with Crippen LogP contribution in [0.1, 0.15) is 67.4 Å². The van der Waals surface area contributed by atoms with Crippen molar-refractivity contribution in [3.8, 4) is 0 Å². The van der Waals surface area contributed by atoms with Gasteiger partial charge < -0.3 is 10.4 Å². The highest BCUT2D eigenvalue weighted by Gasteiger charge is 2.19. The molecule has 0 unspecified atom stereocenters. The fourth-order valence-electron chi connectivity index (χ4n) is 3.10. The maximum atomic E-state index is 12.3. The van der Waals surface area contributed by atoms with E-state index in [1.165, 1.54) is 24.0 Å². The second kappa shape index (κ2) is 8.43. The summed E-state index contributed by atoms with van der Waals surface area (Å²) < 4.78 is 0. The average Bonchev–Trinajstić information content (AvgIpc) is 2.57. The molecule has 1 aliphatic carbocycles. The lowest BCUT2D eigenvalue weighted by Gasteiger charge is -2.23. The van der Waals surface area contributed by atoms with E-state index in [9.17, 15) is 9.59 Å². The Balaban J connectivity index is 1.81. The number of benzene rings is 1. The highest BCUT2D eigenvalue weighted by Crippen LogP contribution is 2.23. The predicted octanol–water partition coefficient (Wildman–Crippen LogP) is 3.05. The molecular weight excluding hydrogens is 302 g/mol. The number of carbonyl (C=O) groups excluding carboxylic acids is 2. The minimum Gasteiger partial charge on any atom is -0.396 e. The Morgan fingerprint density at radius 3 is 2.54 bits per heavy atom. The number of aryl methyl sites for hydroxylation is 2. The van der Waals surface area contributed by atoms with Gasteiger partial charge in [0.05, 0.1) is 0 Å². The second-order valence-electron chi connectivity index (χ2n) is 7.53. The first kappa shape index (κ1) is 18.7. The summed E-state index contributed by atoms with van der Waals surface area (Å²) in [5, 5.41) is 11.9. The van der Waals surface area contributed by atoms with Crippen molar-refractivity contribution in [1.29, 1.82) is 0 Å². The number of Topliss-reactive ketones (excluding diaryl/α,β-unsaturated/α-hetero) is 1. The Morgan fingerprint density at radius 2 is 1.83 bits per heavy atom.